The van der Waals surface area contributed by atoms with Crippen LogP contribution in [0, 0.1) is 6.58 Å². The van der Waals surface area contributed by atoms with Crippen LogP contribution in [-0.2, 0) is 0 Å². The summed E-state index contributed by atoms with van der Waals surface area (Å²) in [5, 5.41) is 8.88. The molecular formula is C11H13O. The highest BCUT2D eigenvalue weighted by atomic mass is 16.3. The van der Waals surface area contributed by atoms with Crippen LogP contribution in [0.15, 0.2) is 24.3 Å². The van der Waals surface area contributed by atoms with E-state index in [1.54, 1.807) is 6.08 Å². The zero-order valence-electron chi connectivity index (χ0n) is 7.20. The van der Waals surface area contributed by atoms with Gasteiger partial charge in [-0.15, -0.1) is 0 Å². The lowest BCUT2D eigenvalue weighted by molar-refractivity contribution is 0.273. The summed E-state index contributed by atoms with van der Waals surface area (Å²) >= 11 is 0. The monoisotopic (exact) mass is 161 g/mol. The van der Waals surface area contributed by atoms with Crippen molar-refractivity contribution in [3.05, 3.63) is 42.0 Å². The number of aliphatic hydroxyl groups excluding tert-OH is 1. The first-order valence-corrected chi connectivity index (χ1v) is 4.03. The molecule has 0 aliphatic carbocycles. The molecule has 1 unspecified atom stereocenters. The van der Waals surface area contributed by atoms with E-state index in [1.807, 2.05) is 31.2 Å². The van der Waals surface area contributed by atoms with Gasteiger partial charge < -0.3 is 5.11 Å². The van der Waals surface area contributed by atoms with Gasteiger partial charge in [0.25, 0.3) is 0 Å². The molecule has 1 rings (SSSR count). The molecule has 1 N–H and O–H groups in total. The summed E-state index contributed by atoms with van der Waals surface area (Å²) in [6, 6.07) is 7.86. The lowest BCUT2D eigenvalue weighted by atomic mass is 10.0. The summed E-state index contributed by atoms with van der Waals surface area (Å²) in [5.74, 6) is 0.205. The molecule has 0 fully saturated rings. The van der Waals surface area contributed by atoms with Gasteiger partial charge in [0.05, 0.1) is 0 Å². The molecule has 1 heteroatoms. The molecule has 1 aromatic carbocycles. The van der Waals surface area contributed by atoms with Crippen molar-refractivity contribution in [2.45, 2.75) is 12.8 Å². The maximum Gasteiger partial charge on any atom is 0.0497 e. The van der Waals surface area contributed by atoms with Gasteiger partial charge in [-0.1, -0.05) is 43.8 Å². The molecule has 0 spiro atoms. The van der Waals surface area contributed by atoms with Gasteiger partial charge >= 0.3 is 0 Å². The molecule has 63 valence electrons. The van der Waals surface area contributed by atoms with Crippen LogP contribution < -0.4 is 0 Å². The van der Waals surface area contributed by atoms with E-state index in [-0.39, 0.29) is 12.5 Å². The number of hydrogen-bond donors (Lipinski definition) is 1. The molecule has 0 aliphatic heterocycles. The van der Waals surface area contributed by atoms with Gasteiger partial charge in [0.15, 0.2) is 0 Å². The standard InChI is InChI=1S/C11H13O/c1-3-10-4-6-11(7-5-10)9(2)8-12/h1,3-7,9,12H,8H2,2H3. The van der Waals surface area contributed by atoms with Gasteiger partial charge in [0.2, 0.25) is 0 Å². The minimum absolute atomic E-state index is 0.186. The highest BCUT2D eigenvalue weighted by molar-refractivity contribution is 5.46. The number of hydrogen-bond acceptors (Lipinski definition) is 1. The third kappa shape index (κ3) is 1.95. The lowest BCUT2D eigenvalue weighted by Gasteiger charge is -2.07. The molecule has 0 saturated heterocycles. The van der Waals surface area contributed by atoms with Crippen molar-refractivity contribution < 1.29 is 5.11 Å². The van der Waals surface area contributed by atoms with Crippen molar-refractivity contribution in [3.63, 3.8) is 0 Å². The van der Waals surface area contributed by atoms with Crippen molar-refractivity contribution in [2.24, 2.45) is 0 Å². The van der Waals surface area contributed by atoms with E-state index in [1.165, 1.54) is 0 Å². The second-order valence-electron chi connectivity index (χ2n) is 2.92. The SMILES string of the molecule is [CH]=Cc1ccc(C(C)CO)cc1. The Kier molecular flexibility index (Phi) is 3.06. The van der Waals surface area contributed by atoms with Gasteiger partial charge in [-0.3, -0.25) is 0 Å². The van der Waals surface area contributed by atoms with Crippen LogP contribution in [0.25, 0.3) is 6.08 Å². The summed E-state index contributed by atoms with van der Waals surface area (Å²) in [4.78, 5) is 0. The Labute approximate surface area is 73.4 Å². The molecule has 1 radical (unpaired) electrons. The topological polar surface area (TPSA) is 20.2 Å². The van der Waals surface area contributed by atoms with E-state index in [0.717, 1.165) is 11.1 Å². The van der Waals surface area contributed by atoms with Gasteiger partial charge in [-0.05, 0) is 11.1 Å². The summed E-state index contributed by atoms with van der Waals surface area (Å²) in [6.07, 6.45) is 1.56. The predicted molar refractivity (Wildman–Crippen MR) is 50.7 cm³/mol. The third-order valence-electron chi connectivity index (χ3n) is 1.97. The van der Waals surface area contributed by atoms with Gasteiger partial charge in [0, 0.05) is 12.5 Å². The Morgan fingerprint density at radius 1 is 1.42 bits per heavy atom. The Morgan fingerprint density at radius 2 is 2.00 bits per heavy atom. The Bertz CT molecular complexity index is 248. The first kappa shape index (κ1) is 9.01. The molecule has 12 heavy (non-hydrogen) atoms. The van der Waals surface area contributed by atoms with Crippen molar-refractivity contribution in [1.29, 1.82) is 0 Å². The first-order valence-electron chi connectivity index (χ1n) is 4.03. The summed E-state index contributed by atoms with van der Waals surface area (Å²) < 4.78 is 0. The fourth-order valence-corrected chi connectivity index (χ4v) is 1.04. The minimum Gasteiger partial charge on any atom is -0.396 e. The third-order valence-corrected chi connectivity index (χ3v) is 1.97. The average Bonchev–Trinajstić information content (AvgIpc) is 2.17. The maximum absolute atomic E-state index is 8.88. The van der Waals surface area contributed by atoms with Gasteiger partial charge in [-0.25, -0.2) is 0 Å². The Hall–Kier alpha value is -1.08. The second-order valence-corrected chi connectivity index (χ2v) is 2.92. The number of benzene rings is 1. The van der Waals surface area contributed by atoms with E-state index in [9.17, 15) is 0 Å². The van der Waals surface area contributed by atoms with Crippen molar-refractivity contribution >= 4 is 6.08 Å². The second kappa shape index (κ2) is 4.07. The van der Waals surface area contributed by atoms with E-state index in [4.69, 9.17) is 11.7 Å². The summed E-state index contributed by atoms with van der Waals surface area (Å²) in [6.45, 7) is 7.51. The molecule has 0 heterocycles. The van der Waals surface area contributed by atoms with Crippen molar-refractivity contribution in [2.75, 3.05) is 6.61 Å². The molecular weight excluding hydrogens is 148 g/mol. The smallest absolute Gasteiger partial charge is 0.0497 e. The van der Waals surface area contributed by atoms with Crippen LogP contribution in [0.4, 0.5) is 0 Å². The lowest BCUT2D eigenvalue weighted by Crippen LogP contribution is -1.97. The van der Waals surface area contributed by atoms with Crippen molar-refractivity contribution in [1.82, 2.24) is 0 Å². The van der Waals surface area contributed by atoms with Gasteiger partial charge in [-0.2, -0.15) is 0 Å². The zero-order chi connectivity index (χ0) is 8.97. The largest absolute Gasteiger partial charge is 0.396 e. The molecule has 1 nitrogen and oxygen atoms in total. The minimum atomic E-state index is 0.186. The predicted octanol–water partition coefficient (Wildman–Crippen LogP) is 2.23. The number of aliphatic hydroxyl groups is 1. The summed E-state index contributed by atoms with van der Waals surface area (Å²) in [7, 11) is 0. The van der Waals surface area contributed by atoms with Crippen LogP contribution in [0.3, 0.4) is 0 Å². The molecule has 0 aromatic heterocycles. The molecule has 1 aromatic rings. The normalized spacial score (nSPS) is 12.5. The quantitative estimate of drug-likeness (QED) is 0.720. The highest BCUT2D eigenvalue weighted by Crippen LogP contribution is 2.15. The fraction of sp³-hybridized carbons (Fsp3) is 0.273. The van der Waals surface area contributed by atoms with E-state index in [0.29, 0.717) is 0 Å². The van der Waals surface area contributed by atoms with E-state index < -0.39 is 0 Å². The summed E-state index contributed by atoms with van der Waals surface area (Å²) in [5.41, 5.74) is 2.15. The van der Waals surface area contributed by atoms with E-state index >= 15 is 0 Å². The molecule has 0 bridgehead atoms. The highest BCUT2D eigenvalue weighted by Gasteiger charge is 2.01. The van der Waals surface area contributed by atoms with Crippen LogP contribution >= 0.6 is 0 Å². The Balaban J connectivity index is 2.84. The fourth-order valence-electron chi connectivity index (χ4n) is 1.04. The van der Waals surface area contributed by atoms with Crippen molar-refractivity contribution in [3.8, 4) is 0 Å². The Morgan fingerprint density at radius 3 is 2.42 bits per heavy atom. The number of rotatable bonds is 3. The maximum atomic E-state index is 8.88. The average molecular weight is 161 g/mol. The zero-order valence-corrected chi connectivity index (χ0v) is 7.20. The van der Waals surface area contributed by atoms with Crippen LogP contribution in [0.2, 0.25) is 0 Å². The van der Waals surface area contributed by atoms with Crippen LogP contribution in [0.5, 0.6) is 0 Å². The molecule has 0 saturated carbocycles. The molecule has 0 aliphatic rings. The van der Waals surface area contributed by atoms with Gasteiger partial charge in [0.1, 0.15) is 0 Å². The molecule has 1 atom stereocenters. The van der Waals surface area contributed by atoms with Crippen LogP contribution in [-0.4, -0.2) is 11.7 Å². The first-order chi connectivity index (χ1) is 5.77. The molecule has 0 amide bonds. The van der Waals surface area contributed by atoms with E-state index in [2.05, 4.69) is 0 Å². The van der Waals surface area contributed by atoms with Crippen LogP contribution in [0.1, 0.15) is 24.0 Å².